The Balaban J connectivity index is 2.12. The lowest BCUT2D eigenvalue weighted by atomic mass is 10.1. The Morgan fingerprint density at radius 2 is 1.77 bits per heavy atom. The maximum atomic E-state index is 13.8. The van der Waals surface area contributed by atoms with Crippen molar-refractivity contribution in [1.82, 2.24) is 14.8 Å². The van der Waals surface area contributed by atoms with Crippen LogP contribution in [0.4, 0.5) is 8.78 Å². The minimum atomic E-state index is -1.02. The van der Waals surface area contributed by atoms with E-state index in [2.05, 4.69) is 10.1 Å². The molecule has 0 spiro atoms. The van der Waals surface area contributed by atoms with E-state index in [0.717, 1.165) is 6.07 Å². The van der Waals surface area contributed by atoms with Gasteiger partial charge in [0, 0.05) is 11.6 Å². The highest BCUT2D eigenvalue weighted by Crippen LogP contribution is 2.24. The number of aromatic amines is 1. The summed E-state index contributed by atoms with van der Waals surface area (Å²) in [4.78, 5) is 16.3. The molecule has 0 radical (unpaired) electrons. The topological polar surface area (TPSA) is 50.7 Å². The first kappa shape index (κ1) is 12.7. The second-order valence-corrected chi connectivity index (χ2v) is 4.89. The van der Waals surface area contributed by atoms with Gasteiger partial charge in [-0.25, -0.2) is 13.5 Å². The fourth-order valence-corrected chi connectivity index (χ4v) is 2.53. The zero-order chi connectivity index (χ0) is 15.3. The molecule has 2 aromatic heterocycles. The molecule has 0 aliphatic heterocycles. The Morgan fingerprint density at radius 1 is 1.00 bits per heavy atom. The highest BCUT2D eigenvalue weighted by molar-refractivity contribution is 6.02. The fraction of sp³-hybridized carbons (Fsp3) is 0. The SMILES string of the molecule is O=c1c2cnc3c(F)c(F)ccc3c2[nH]n1-c1ccccc1. The average molecular weight is 297 g/mol. The summed E-state index contributed by atoms with van der Waals surface area (Å²) in [5.74, 6) is -1.99. The summed E-state index contributed by atoms with van der Waals surface area (Å²) in [5, 5.41) is 3.63. The van der Waals surface area contributed by atoms with Crippen molar-refractivity contribution in [3.05, 3.63) is 70.6 Å². The second-order valence-electron chi connectivity index (χ2n) is 4.89. The third-order valence-electron chi connectivity index (χ3n) is 3.60. The van der Waals surface area contributed by atoms with Crippen LogP contribution in [-0.2, 0) is 0 Å². The molecule has 22 heavy (non-hydrogen) atoms. The van der Waals surface area contributed by atoms with Crippen LogP contribution < -0.4 is 5.56 Å². The van der Waals surface area contributed by atoms with Gasteiger partial charge >= 0.3 is 0 Å². The first-order chi connectivity index (χ1) is 10.7. The minimum absolute atomic E-state index is 0.103. The summed E-state index contributed by atoms with van der Waals surface area (Å²) in [7, 11) is 0. The van der Waals surface area contributed by atoms with Crippen molar-refractivity contribution in [2.45, 2.75) is 0 Å². The lowest BCUT2D eigenvalue weighted by Crippen LogP contribution is -2.13. The largest absolute Gasteiger partial charge is 0.290 e. The zero-order valence-electron chi connectivity index (χ0n) is 11.2. The van der Waals surface area contributed by atoms with E-state index in [1.54, 1.807) is 24.3 Å². The third kappa shape index (κ3) is 1.67. The van der Waals surface area contributed by atoms with Gasteiger partial charge in [-0.2, -0.15) is 0 Å². The monoisotopic (exact) mass is 297 g/mol. The number of nitrogens with one attached hydrogen (secondary N) is 1. The van der Waals surface area contributed by atoms with Gasteiger partial charge in [-0.15, -0.1) is 0 Å². The van der Waals surface area contributed by atoms with E-state index in [1.165, 1.54) is 16.9 Å². The Morgan fingerprint density at radius 3 is 2.55 bits per heavy atom. The summed E-state index contributed by atoms with van der Waals surface area (Å²) in [6.07, 6.45) is 1.26. The number of halogens is 2. The molecule has 0 bridgehead atoms. The number of fused-ring (bicyclic) bond motifs is 3. The maximum Gasteiger partial charge on any atom is 0.280 e. The third-order valence-corrected chi connectivity index (χ3v) is 3.60. The summed E-state index contributed by atoms with van der Waals surface area (Å²) >= 11 is 0. The number of pyridine rings is 1. The van der Waals surface area contributed by atoms with Crippen LogP contribution >= 0.6 is 0 Å². The Kier molecular flexibility index (Phi) is 2.59. The van der Waals surface area contributed by atoms with Crippen molar-refractivity contribution in [1.29, 1.82) is 0 Å². The van der Waals surface area contributed by atoms with Gasteiger partial charge in [0.25, 0.3) is 5.56 Å². The number of rotatable bonds is 1. The first-order valence-electron chi connectivity index (χ1n) is 6.59. The number of hydrogen-bond donors (Lipinski definition) is 1. The van der Waals surface area contributed by atoms with E-state index in [1.807, 2.05) is 6.07 Å². The minimum Gasteiger partial charge on any atom is -0.290 e. The summed E-state index contributed by atoms with van der Waals surface area (Å²) < 4.78 is 28.5. The van der Waals surface area contributed by atoms with Gasteiger partial charge in [0.1, 0.15) is 5.52 Å². The van der Waals surface area contributed by atoms with Crippen LogP contribution in [0.2, 0.25) is 0 Å². The number of nitrogens with zero attached hydrogens (tertiary/aromatic N) is 2. The van der Waals surface area contributed by atoms with Crippen molar-refractivity contribution < 1.29 is 8.78 Å². The molecule has 0 atom stereocenters. The number of H-pyrrole nitrogens is 1. The molecule has 1 N–H and O–H groups in total. The average Bonchev–Trinajstić information content (AvgIpc) is 2.89. The fourth-order valence-electron chi connectivity index (χ4n) is 2.53. The van der Waals surface area contributed by atoms with Crippen molar-refractivity contribution in [3.8, 4) is 5.69 Å². The van der Waals surface area contributed by atoms with Crippen LogP contribution in [0.5, 0.6) is 0 Å². The molecule has 0 amide bonds. The lowest BCUT2D eigenvalue weighted by molar-refractivity contribution is 0.515. The van der Waals surface area contributed by atoms with Crippen LogP contribution in [0, 0.1) is 11.6 Å². The van der Waals surface area contributed by atoms with E-state index in [9.17, 15) is 13.6 Å². The van der Waals surface area contributed by atoms with E-state index < -0.39 is 11.6 Å². The second kappa shape index (κ2) is 4.49. The van der Waals surface area contributed by atoms with Crippen molar-refractivity contribution in [2.24, 2.45) is 0 Å². The van der Waals surface area contributed by atoms with Crippen LogP contribution in [0.1, 0.15) is 0 Å². The number of aromatic nitrogens is 3. The molecule has 0 unspecified atom stereocenters. The Labute approximate surface area is 122 Å². The van der Waals surface area contributed by atoms with Gasteiger partial charge in [0.2, 0.25) is 0 Å². The summed E-state index contributed by atoms with van der Waals surface area (Å²) in [6.45, 7) is 0. The quantitative estimate of drug-likeness (QED) is 0.587. The zero-order valence-corrected chi connectivity index (χ0v) is 11.2. The van der Waals surface area contributed by atoms with Crippen LogP contribution in [0.25, 0.3) is 27.5 Å². The molecule has 2 aromatic carbocycles. The van der Waals surface area contributed by atoms with Gasteiger partial charge in [-0.1, -0.05) is 18.2 Å². The Bertz CT molecular complexity index is 1070. The molecule has 6 heteroatoms. The molecular formula is C16H9F2N3O. The summed E-state index contributed by atoms with van der Waals surface area (Å²) in [6, 6.07) is 11.4. The van der Waals surface area contributed by atoms with E-state index in [0.29, 0.717) is 22.0 Å². The molecule has 0 aliphatic rings. The van der Waals surface area contributed by atoms with Crippen LogP contribution in [0.3, 0.4) is 0 Å². The molecule has 0 fully saturated rings. The highest BCUT2D eigenvalue weighted by Gasteiger charge is 2.15. The van der Waals surface area contributed by atoms with Crippen molar-refractivity contribution >= 4 is 21.8 Å². The maximum absolute atomic E-state index is 13.8. The number of hydrogen-bond acceptors (Lipinski definition) is 2. The Hall–Kier alpha value is -3.02. The molecule has 108 valence electrons. The molecule has 4 aromatic rings. The van der Waals surface area contributed by atoms with Gasteiger partial charge < -0.3 is 0 Å². The standard InChI is InChI=1S/C16H9F2N3O/c17-12-7-6-10-14-11(8-19-15(10)13(12)18)16(22)21(20-14)9-4-2-1-3-5-9/h1-8,20H. The molecule has 0 aliphatic carbocycles. The summed E-state index contributed by atoms with van der Waals surface area (Å²) in [5.41, 5.74) is 0.687. The molecule has 0 saturated carbocycles. The van der Waals surface area contributed by atoms with E-state index in [4.69, 9.17) is 0 Å². The van der Waals surface area contributed by atoms with Gasteiger partial charge in [0.05, 0.1) is 16.6 Å². The predicted octanol–water partition coefficient (Wildman–Crippen LogP) is 3.15. The predicted molar refractivity (Wildman–Crippen MR) is 79.1 cm³/mol. The van der Waals surface area contributed by atoms with E-state index in [-0.39, 0.29) is 11.1 Å². The van der Waals surface area contributed by atoms with E-state index >= 15 is 0 Å². The van der Waals surface area contributed by atoms with Crippen molar-refractivity contribution in [2.75, 3.05) is 0 Å². The molecule has 4 nitrogen and oxygen atoms in total. The highest BCUT2D eigenvalue weighted by atomic mass is 19.2. The number of benzene rings is 2. The molecule has 4 rings (SSSR count). The van der Waals surface area contributed by atoms with Gasteiger partial charge in [-0.05, 0) is 24.3 Å². The number of para-hydroxylation sites is 1. The van der Waals surface area contributed by atoms with Crippen LogP contribution in [0.15, 0.2) is 53.5 Å². The van der Waals surface area contributed by atoms with Crippen molar-refractivity contribution in [3.63, 3.8) is 0 Å². The van der Waals surface area contributed by atoms with Crippen LogP contribution in [-0.4, -0.2) is 14.8 Å². The van der Waals surface area contributed by atoms with Gasteiger partial charge in [-0.3, -0.25) is 14.9 Å². The normalized spacial score (nSPS) is 11.4. The lowest BCUT2D eigenvalue weighted by Gasteiger charge is -2.01. The smallest absolute Gasteiger partial charge is 0.280 e. The van der Waals surface area contributed by atoms with Gasteiger partial charge in [0.15, 0.2) is 11.6 Å². The first-order valence-corrected chi connectivity index (χ1v) is 6.59. The molecular weight excluding hydrogens is 288 g/mol. The molecule has 2 heterocycles. The molecule has 0 saturated heterocycles.